The van der Waals surface area contributed by atoms with Crippen molar-refractivity contribution >= 4 is 16.7 Å². The number of rotatable bonds is 7. The zero-order valence-electron chi connectivity index (χ0n) is 22.7. The second-order valence-electron chi connectivity index (χ2n) is 9.97. The molecule has 0 atom stereocenters. The number of carbonyl (C=O) groups excluding carboxylic acids is 1. The number of aryl methyl sites for hydroxylation is 2. The van der Waals surface area contributed by atoms with Gasteiger partial charge in [0, 0.05) is 46.2 Å². The van der Waals surface area contributed by atoms with Crippen molar-refractivity contribution in [1.82, 2.24) is 19.7 Å². The number of ketones is 1. The van der Waals surface area contributed by atoms with Crippen molar-refractivity contribution in [2.45, 2.75) is 20.3 Å². The molecule has 0 aliphatic heterocycles. The number of nitrogens with one attached hydrogen (secondary N) is 1. The van der Waals surface area contributed by atoms with E-state index in [2.05, 4.69) is 15.2 Å². The fraction of sp³-hybridized carbons (Fsp3) is 0.0909. The minimum absolute atomic E-state index is 0.0237. The van der Waals surface area contributed by atoms with Crippen LogP contribution in [0.4, 0.5) is 8.78 Å². The van der Waals surface area contributed by atoms with E-state index in [4.69, 9.17) is 4.74 Å². The third-order valence-corrected chi connectivity index (χ3v) is 7.01. The summed E-state index contributed by atoms with van der Waals surface area (Å²) in [5.74, 6) is -1.17. The maximum Gasteiger partial charge on any atom is 0.266 e. The maximum atomic E-state index is 15.3. The Balaban J connectivity index is 1.27. The maximum absolute atomic E-state index is 15.3. The normalized spacial score (nSPS) is 11.1. The number of hydrogen-bond acceptors (Lipinski definition) is 5. The molecular formula is C33H24F2N4O3. The van der Waals surface area contributed by atoms with E-state index in [0.29, 0.717) is 28.3 Å². The van der Waals surface area contributed by atoms with Crippen LogP contribution >= 0.6 is 0 Å². The van der Waals surface area contributed by atoms with Gasteiger partial charge in [0.15, 0.2) is 17.3 Å². The number of benzene rings is 3. The molecule has 0 saturated heterocycles. The minimum Gasteiger partial charge on any atom is -0.454 e. The van der Waals surface area contributed by atoms with Crippen molar-refractivity contribution in [3.8, 4) is 28.3 Å². The van der Waals surface area contributed by atoms with Crippen molar-refractivity contribution in [2.24, 2.45) is 0 Å². The number of hydrogen-bond donors (Lipinski definition) is 1. The molecule has 0 radical (unpaired) electrons. The van der Waals surface area contributed by atoms with Gasteiger partial charge < -0.3 is 4.74 Å². The SMILES string of the molecule is Cc1ccc(-c2cc3[nH]ncc3cc2Oc2ccc(CC(=O)c3ccc(C)n(-c4ccc(F)cc4)c3=O)cc2F)cn1. The number of aromatic amines is 1. The van der Waals surface area contributed by atoms with Gasteiger partial charge in [-0.15, -0.1) is 0 Å². The molecule has 3 aromatic heterocycles. The van der Waals surface area contributed by atoms with Crippen molar-refractivity contribution in [3.05, 3.63) is 136 Å². The standard InChI is InChI=1S/C33H24F2N4O3/c1-19-3-6-22(17-36-19)27-16-29-23(18-37-38-29)15-32(27)42-31-12-5-21(13-28(31)35)14-30(40)26-11-4-20(2)39(33(26)41)25-9-7-24(34)8-10-25/h3-13,15-18H,14H2,1-2H3,(H,37,38). The Morgan fingerprint density at radius 3 is 2.45 bits per heavy atom. The summed E-state index contributed by atoms with van der Waals surface area (Å²) in [5, 5.41) is 7.80. The van der Waals surface area contributed by atoms with Gasteiger partial charge in [-0.25, -0.2) is 8.78 Å². The largest absolute Gasteiger partial charge is 0.454 e. The highest BCUT2D eigenvalue weighted by Crippen LogP contribution is 2.37. The van der Waals surface area contributed by atoms with Crippen LogP contribution in [0.3, 0.4) is 0 Å². The lowest BCUT2D eigenvalue weighted by molar-refractivity contribution is 0.0991. The molecular weight excluding hydrogens is 538 g/mol. The molecule has 6 rings (SSSR count). The van der Waals surface area contributed by atoms with Gasteiger partial charge >= 0.3 is 0 Å². The van der Waals surface area contributed by atoms with Crippen LogP contribution in [-0.2, 0) is 6.42 Å². The van der Waals surface area contributed by atoms with E-state index in [9.17, 15) is 14.0 Å². The van der Waals surface area contributed by atoms with Crippen LogP contribution in [0.5, 0.6) is 11.5 Å². The molecule has 7 nitrogen and oxygen atoms in total. The van der Waals surface area contributed by atoms with Crippen molar-refractivity contribution in [3.63, 3.8) is 0 Å². The van der Waals surface area contributed by atoms with E-state index in [1.807, 2.05) is 25.1 Å². The van der Waals surface area contributed by atoms with Crippen molar-refractivity contribution in [2.75, 3.05) is 0 Å². The number of pyridine rings is 2. The van der Waals surface area contributed by atoms with Gasteiger partial charge in [0.2, 0.25) is 0 Å². The third-order valence-electron chi connectivity index (χ3n) is 7.01. The van der Waals surface area contributed by atoms with Gasteiger partial charge in [-0.05, 0) is 86.1 Å². The Kier molecular flexibility index (Phi) is 6.92. The van der Waals surface area contributed by atoms with Gasteiger partial charge in [-0.3, -0.25) is 24.2 Å². The van der Waals surface area contributed by atoms with E-state index in [-0.39, 0.29) is 17.7 Å². The first-order valence-electron chi connectivity index (χ1n) is 13.1. The van der Waals surface area contributed by atoms with Gasteiger partial charge in [0.25, 0.3) is 5.56 Å². The van der Waals surface area contributed by atoms with E-state index < -0.39 is 23.0 Å². The lowest BCUT2D eigenvalue weighted by Gasteiger charge is -2.14. The van der Waals surface area contributed by atoms with Crippen LogP contribution < -0.4 is 10.3 Å². The first-order chi connectivity index (χ1) is 20.3. The summed E-state index contributed by atoms with van der Waals surface area (Å²) >= 11 is 0. The molecule has 42 heavy (non-hydrogen) atoms. The van der Waals surface area contributed by atoms with Gasteiger partial charge in [-0.2, -0.15) is 5.10 Å². The van der Waals surface area contributed by atoms with E-state index in [1.54, 1.807) is 37.5 Å². The number of H-pyrrole nitrogens is 1. The summed E-state index contributed by atoms with van der Waals surface area (Å²) in [6.45, 7) is 3.61. The van der Waals surface area contributed by atoms with E-state index >= 15 is 4.39 Å². The Morgan fingerprint density at radius 1 is 0.905 bits per heavy atom. The number of aromatic nitrogens is 4. The zero-order chi connectivity index (χ0) is 29.4. The van der Waals surface area contributed by atoms with E-state index in [0.717, 1.165) is 22.2 Å². The third kappa shape index (κ3) is 5.19. The van der Waals surface area contributed by atoms with Gasteiger partial charge in [0.1, 0.15) is 11.6 Å². The molecule has 9 heteroatoms. The fourth-order valence-corrected chi connectivity index (χ4v) is 4.80. The van der Waals surface area contributed by atoms with Gasteiger partial charge in [-0.1, -0.05) is 12.1 Å². The highest BCUT2D eigenvalue weighted by Gasteiger charge is 2.18. The van der Waals surface area contributed by atoms with Crippen LogP contribution in [0.25, 0.3) is 27.7 Å². The molecule has 3 heterocycles. The van der Waals surface area contributed by atoms with Gasteiger partial charge in [0.05, 0.1) is 17.3 Å². The Bertz CT molecular complexity index is 2010. The molecule has 0 aliphatic rings. The number of nitrogens with zero attached hydrogens (tertiary/aromatic N) is 3. The van der Waals surface area contributed by atoms with Crippen molar-refractivity contribution in [1.29, 1.82) is 0 Å². The molecule has 0 spiro atoms. The molecule has 0 amide bonds. The predicted octanol–water partition coefficient (Wildman–Crippen LogP) is 6.89. The molecule has 0 saturated carbocycles. The summed E-state index contributed by atoms with van der Waals surface area (Å²) < 4.78 is 36.1. The lowest BCUT2D eigenvalue weighted by Crippen LogP contribution is -2.27. The fourth-order valence-electron chi connectivity index (χ4n) is 4.80. The van der Waals surface area contributed by atoms with Crippen LogP contribution in [0.2, 0.25) is 0 Å². The van der Waals surface area contributed by atoms with Crippen LogP contribution in [0.15, 0.2) is 96.1 Å². The predicted molar refractivity (Wildman–Crippen MR) is 155 cm³/mol. The van der Waals surface area contributed by atoms with Crippen LogP contribution in [0.1, 0.15) is 27.3 Å². The van der Waals surface area contributed by atoms with Crippen LogP contribution in [-0.4, -0.2) is 25.5 Å². The monoisotopic (exact) mass is 562 g/mol. The molecule has 6 aromatic rings. The van der Waals surface area contributed by atoms with Crippen LogP contribution in [0, 0.1) is 25.5 Å². The second kappa shape index (κ2) is 10.9. The Morgan fingerprint density at radius 2 is 1.71 bits per heavy atom. The number of halogens is 2. The molecule has 0 fully saturated rings. The van der Waals surface area contributed by atoms with E-state index in [1.165, 1.54) is 47.0 Å². The Hall–Kier alpha value is -5.44. The zero-order valence-corrected chi connectivity index (χ0v) is 22.7. The highest BCUT2D eigenvalue weighted by molar-refractivity contribution is 5.97. The summed E-state index contributed by atoms with van der Waals surface area (Å²) in [7, 11) is 0. The first kappa shape index (κ1) is 26.8. The number of fused-ring (bicyclic) bond motifs is 1. The molecule has 0 bridgehead atoms. The summed E-state index contributed by atoms with van der Waals surface area (Å²) in [5.41, 5.74) is 3.98. The second-order valence-corrected chi connectivity index (χ2v) is 9.97. The average molecular weight is 563 g/mol. The molecule has 1 N–H and O–H groups in total. The Labute approximate surface area is 239 Å². The van der Waals surface area contributed by atoms with Crippen molar-refractivity contribution < 1.29 is 18.3 Å². The molecule has 3 aromatic carbocycles. The summed E-state index contributed by atoms with van der Waals surface area (Å²) in [6.07, 6.45) is 3.18. The smallest absolute Gasteiger partial charge is 0.266 e. The molecule has 208 valence electrons. The average Bonchev–Trinajstić information content (AvgIpc) is 3.43. The highest BCUT2D eigenvalue weighted by atomic mass is 19.1. The lowest BCUT2D eigenvalue weighted by atomic mass is 10.0. The summed E-state index contributed by atoms with van der Waals surface area (Å²) in [4.78, 5) is 30.7. The number of ether oxygens (including phenoxy) is 1. The molecule has 0 aliphatic carbocycles. The number of Topliss-reactive ketones (excluding diaryl/α,β-unsaturated/α-hetero) is 1. The topological polar surface area (TPSA) is 89.9 Å². The summed E-state index contributed by atoms with van der Waals surface area (Å²) in [6, 6.07) is 20.2. The number of carbonyl (C=O) groups is 1. The first-order valence-corrected chi connectivity index (χ1v) is 13.1. The minimum atomic E-state index is -0.659. The molecule has 0 unspecified atom stereocenters. The quantitative estimate of drug-likeness (QED) is 0.214.